The summed E-state index contributed by atoms with van der Waals surface area (Å²) in [6.07, 6.45) is 2.32. The summed E-state index contributed by atoms with van der Waals surface area (Å²) in [5.41, 5.74) is 0.947. The van der Waals surface area contributed by atoms with Gasteiger partial charge in [0.05, 0.1) is 15.9 Å². The minimum atomic E-state index is -3.78. The number of nitro groups is 1. The van der Waals surface area contributed by atoms with Crippen molar-refractivity contribution in [1.29, 1.82) is 0 Å². The van der Waals surface area contributed by atoms with E-state index in [4.69, 9.17) is 4.74 Å². The van der Waals surface area contributed by atoms with Crippen LogP contribution in [-0.4, -0.2) is 43.4 Å². The van der Waals surface area contributed by atoms with Crippen LogP contribution in [0.3, 0.4) is 0 Å². The van der Waals surface area contributed by atoms with Crippen molar-refractivity contribution in [2.45, 2.75) is 51.0 Å². The summed E-state index contributed by atoms with van der Waals surface area (Å²) in [7, 11) is -3.78. The molecule has 1 heterocycles. The topological polar surface area (TPSA) is 89.8 Å². The maximum absolute atomic E-state index is 13.0. The van der Waals surface area contributed by atoms with Gasteiger partial charge >= 0.3 is 0 Å². The zero-order valence-corrected chi connectivity index (χ0v) is 15.1. The molecule has 24 heavy (non-hydrogen) atoms. The third-order valence-corrected chi connectivity index (χ3v) is 6.32. The zero-order valence-electron chi connectivity index (χ0n) is 14.3. The molecule has 0 N–H and O–H groups in total. The van der Waals surface area contributed by atoms with Gasteiger partial charge in [0.15, 0.2) is 0 Å². The first-order valence-electron chi connectivity index (χ1n) is 8.14. The second-order valence-electron chi connectivity index (χ2n) is 6.14. The fourth-order valence-corrected chi connectivity index (χ4v) is 4.69. The van der Waals surface area contributed by atoms with E-state index in [1.54, 1.807) is 13.8 Å². The number of rotatable bonds is 6. The van der Waals surface area contributed by atoms with Gasteiger partial charge in [-0.2, -0.15) is 4.31 Å². The van der Waals surface area contributed by atoms with Gasteiger partial charge in [-0.25, -0.2) is 8.42 Å². The number of piperidine rings is 1. The molecule has 1 fully saturated rings. The molecule has 1 aliphatic rings. The molecule has 1 saturated heterocycles. The van der Waals surface area contributed by atoms with Crippen molar-refractivity contribution in [3.8, 4) is 0 Å². The van der Waals surface area contributed by atoms with Gasteiger partial charge in [0.25, 0.3) is 5.69 Å². The first-order chi connectivity index (χ1) is 11.3. The van der Waals surface area contributed by atoms with Crippen LogP contribution >= 0.6 is 0 Å². The van der Waals surface area contributed by atoms with Gasteiger partial charge in [0, 0.05) is 31.8 Å². The minimum absolute atomic E-state index is 0.0188. The molecule has 8 heteroatoms. The van der Waals surface area contributed by atoms with Crippen LogP contribution in [0.15, 0.2) is 17.0 Å². The highest BCUT2D eigenvalue weighted by Gasteiger charge is 2.33. The quantitative estimate of drug-likeness (QED) is 0.577. The van der Waals surface area contributed by atoms with E-state index in [9.17, 15) is 18.5 Å². The fourth-order valence-electron chi connectivity index (χ4n) is 2.86. The van der Waals surface area contributed by atoms with Crippen LogP contribution in [0.5, 0.6) is 0 Å². The zero-order chi connectivity index (χ0) is 17.9. The van der Waals surface area contributed by atoms with Crippen molar-refractivity contribution < 1.29 is 18.1 Å². The second-order valence-corrected chi connectivity index (χ2v) is 8.05. The summed E-state index contributed by atoms with van der Waals surface area (Å²) in [6.45, 7) is 6.69. The van der Waals surface area contributed by atoms with Crippen molar-refractivity contribution in [2.75, 3.05) is 19.7 Å². The monoisotopic (exact) mass is 356 g/mol. The molecule has 2 rings (SSSR count). The van der Waals surface area contributed by atoms with Crippen molar-refractivity contribution >= 4 is 15.7 Å². The summed E-state index contributed by atoms with van der Waals surface area (Å²) in [4.78, 5) is 10.5. The largest absolute Gasteiger partial charge is 0.377 e. The Morgan fingerprint density at radius 2 is 2.08 bits per heavy atom. The Morgan fingerprint density at radius 1 is 1.38 bits per heavy atom. The van der Waals surface area contributed by atoms with Gasteiger partial charge in [-0.1, -0.05) is 6.92 Å². The van der Waals surface area contributed by atoms with Crippen LogP contribution < -0.4 is 0 Å². The van der Waals surface area contributed by atoms with E-state index in [-0.39, 0.29) is 16.7 Å². The highest BCUT2D eigenvalue weighted by molar-refractivity contribution is 7.89. The fraction of sp³-hybridized carbons (Fsp3) is 0.625. The molecule has 0 aromatic heterocycles. The summed E-state index contributed by atoms with van der Waals surface area (Å²) in [5, 5.41) is 11.1. The standard InChI is InChI=1S/C16H24N2O5S/c1-4-8-23-15-6-5-7-17(11-15)24(21,22)16-10-14(18(19)20)9-12(2)13(16)3/h9-10,15H,4-8,11H2,1-3H3/t15-/m0/s1. The summed E-state index contributed by atoms with van der Waals surface area (Å²) >= 11 is 0. The van der Waals surface area contributed by atoms with E-state index in [0.717, 1.165) is 25.3 Å². The Balaban J connectivity index is 2.34. The van der Waals surface area contributed by atoms with E-state index in [2.05, 4.69) is 0 Å². The van der Waals surface area contributed by atoms with Gasteiger partial charge in [-0.15, -0.1) is 0 Å². The third-order valence-electron chi connectivity index (χ3n) is 4.33. The molecule has 0 aliphatic carbocycles. The van der Waals surface area contributed by atoms with Crippen LogP contribution in [0.2, 0.25) is 0 Å². The normalized spacial score (nSPS) is 19.4. The van der Waals surface area contributed by atoms with Crippen LogP contribution in [-0.2, 0) is 14.8 Å². The molecule has 0 unspecified atom stereocenters. The van der Waals surface area contributed by atoms with Crippen molar-refractivity contribution in [1.82, 2.24) is 4.31 Å². The molecule has 134 valence electrons. The first-order valence-corrected chi connectivity index (χ1v) is 9.58. The van der Waals surface area contributed by atoms with Crippen molar-refractivity contribution in [3.05, 3.63) is 33.4 Å². The first kappa shape index (κ1) is 18.8. The van der Waals surface area contributed by atoms with E-state index in [0.29, 0.717) is 30.8 Å². The van der Waals surface area contributed by atoms with Gasteiger partial charge in [0.2, 0.25) is 10.0 Å². The number of benzene rings is 1. The molecule has 1 atom stereocenters. The molecule has 0 radical (unpaired) electrons. The predicted octanol–water partition coefficient (Wildman–Crippen LogP) is 2.79. The van der Waals surface area contributed by atoms with Crippen molar-refractivity contribution in [3.63, 3.8) is 0 Å². The molecule has 0 amide bonds. The highest BCUT2D eigenvalue weighted by atomic mass is 32.2. The van der Waals surface area contributed by atoms with Crippen LogP contribution in [0, 0.1) is 24.0 Å². The molecule has 0 saturated carbocycles. The summed E-state index contributed by atoms with van der Waals surface area (Å²) in [5.74, 6) is 0. The van der Waals surface area contributed by atoms with E-state index in [1.165, 1.54) is 10.4 Å². The Kier molecular flexibility index (Phi) is 5.95. The van der Waals surface area contributed by atoms with Crippen molar-refractivity contribution in [2.24, 2.45) is 0 Å². The lowest BCUT2D eigenvalue weighted by Gasteiger charge is -2.32. The van der Waals surface area contributed by atoms with E-state index in [1.807, 2.05) is 6.92 Å². The van der Waals surface area contributed by atoms with E-state index < -0.39 is 14.9 Å². The molecule has 1 aliphatic heterocycles. The number of ether oxygens (including phenoxy) is 1. The molecule has 0 spiro atoms. The highest BCUT2D eigenvalue weighted by Crippen LogP contribution is 2.29. The molecule has 1 aromatic carbocycles. The van der Waals surface area contributed by atoms with Gasteiger partial charge in [-0.3, -0.25) is 10.1 Å². The lowest BCUT2D eigenvalue weighted by molar-refractivity contribution is -0.385. The average molecular weight is 356 g/mol. The van der Waals surface area contributed by atoms with E-state index >= 15 is 0 Å². The molecule has 0 bridgehead atoms. The number of nitrogens with zero attached hydrogens (tertiary/aromatic N) is 2. The lowest BCUT2D eigenvalue weighted by Crippen LogP contribution is -2.43. The SMILES string of the molecule is CCCO[C@H]1CCCN(S(=O)(=O)c2cc([N+](=O)[O-])cc(C)c2C)C1. The Morgan fingerprint density at radius 3 is 2.71 bits per heavy atom. The predicted molar refractivity (Wildman–Crippen MR) is 90.6 cm³/mol. The van der Waals surface area contributed by atoms with Gasteiger partial charge < -0.3 is 4.74 Å². The Bertz CT molecular complexity index is 717. The maximum Gasteiger partial charge on any atom is 0.271 e. The Hall–Kier alpha value is -1.51. The summed E-state index contributed by atoms with van der Waals surface area (Å²) < 4.78 is 33.1. The van der Waals surface area contributed by atoms with Gasteiger partial charge in [-0.05, 0) is 44.2 Å². The molecular formula is C16H24N2O5S. The van der Waals surface area contributed by atoms with Crippen LogP contribution in [0.4, 0.5) is 5.69 Å². The smallest absolute Gasteiger partial charge is 0.271 e. The van der Waals surface area contributed by atoms with Gasteiger partial charge in [0.1, 0.15) is 0 Å². The second kappa shape index (κ2) is 7.58. The molecular weight excluding hydrogens is 332 g/mol. The number of hydrogen-bond acceptors (Lipinski definition) is 5. The average Bonchev–Trinajstić information content (AvgIpc) is 2.55. The Labute approximate surface area is 142 Å². The van der Waals surface area contributed by atoms with Crippen LogP contribution in [0.25, 0.3) is 0 Å². The lowest BCUT2D eigenvalue weighted by atomic mass is 10.1. The number of aryl methyl sites for hydroxylation is 1. The minimum Gasteiger partial charge on any atom is -0.377 e. The number of non-ortho nitro benzene ring substituents is 1. The maximum atomic E-state index is 13.0. The third kappa shape index (κ3) is 3.93. The van der Waals surface area contributed by atoms with Crippen LogP contribution in [0.1, 0.15) is 37.3 Å². The number of nitro benzene ring substituents is 1. The number of sulfonamides is 1. The molecule has 1 aromatic rings. The summed E-state index contributed by atoms with van der Waals surface area (Å²) in [6, 6.07) is 2.56. The molecule has 7 nitrogen and oxygen atoms in total. The number of hydrogen-bond donors (Lipinski definition) is 0.